The van der Waals surface area contributed by atoms with E-state index in [2.05, 4.69) is 31.9 Å². The molecule has 0 amide bonds. The molecule has 0 bridgehead atoms. The van der Waals surface area contributed by atoms with Crippen molar-refractivity contribution >= 4 is 31.9 Å². The molecule has 12 heavy (non-hydrogen) atoms. The average Bonchev–Trinajstić information content (AvgIpc) is 1.99. The second-order valence-corrected chi connectivity index (χ2v) is 3.99. The zero-order valence-electron chi connectivity index (χ0n) is 6.51. The van der Waals surface area contributed by atoms with Crippen LogP contribution in [0.4, 0.5) is 0 Å². The SMILES string of the molecule is COCOc1cc(Br)cc(Br)c1. The fourth-order valence-corrected chi connectivity index (χ4v) is 1.99. The van der Waals surface area contributed by atoms with Gasteiger partial charge in [-0.2, -0.15) is 0 Å². The molecule has 0 aromatic heterocycles. The van der Waals surface area contributed by atoms with E-state index < -0.39 is 0 Å². The number of hydrogen-bond acceptors (Lipinski definition) is 2. The summed E-state index contributed by atoms with van der Waals surface area (Å²) in [6.07, 6.45) is 0. The number of hydrogen-bond donors (Lipinski definition) is 0. The molecule has 0 unspecified atom stereocenters. The molecule has 0 atom stereocenters. The summed E-state index contributed by atoms with van der Waals surface area (Å²) in [7, 11) is 1.59. The molecule has 0 radical (unpaired) electrons. The highest BCUT2D eigenvalue weighted by Gasteiger charge is 1.97. The molecule has 66 valence electrons. The Balaban J connectivity index is 2.72. The number of halogens is 2. The summed E-state index contributed by atoms with van der Waals surface area (Å²) in [5, 5.41) is 0. The average molecular weight is 296 g/mol. The van der Waals surface area contributed by atoms with E-state index >= 15 is 0 Å². The Morgan fingerprint density at radius 2 is 1.75 bits per heavy atom. The van der Waals surface area contributed by atoms with E-state index in [1.807, 2.05) is 18.2 Å². The van der Waals surface area contributed by atoms with Crippen LogP contribution in [-0.4, -0.2) is 13.9 Å². The lowest BCUT2D eigenvalue weighted by Gasteiger charge is -2.04. The minimum atomic E-state index is 0.267. The summed E-state index contributed by atoms with van der Waals surface area (Å²) < 4.78 is 12.0. The van der Waals surface area contributed by atoms with Crippen molar-refractivity contribution in [1.82, 2.24) is 0 Å². The van der Waals surface area contributed by atoms with Crippen molar-refractivity contribution in [1.29, 1.82) is 0 Å². The number of methoxy groups -OCH3 is 1. The summed E-state index contributed by atoms with van der Waals surface area (Å²) in [5.74, 6) is 0.776. The topological polar surface area (TPSA) is 18.5 Å². The largest absolute Gasteiger partial charge is 0.467 e. The summed E-state index contributed by atoms with van der Waals surface area (Å²) in [6.45, 7) is 0.267. The first kappa shape index (κ1) is 10.0. The molecule has 0 fully saturated rings. The van der Waals surface area contributed by atoms with Gasteiger partial charge < -0.3 is 9.47 Å². The maximum absolute atomic E-state index is 5.23. The van der Waals surface area contributed by atoms with E-state index in [4.69, 9.17) is 9.47 Å². The van der Waals surface area contributed by atoms with Gasteiger partial charge in [-0.05, 0) is 18.2 Å². The second-order valence-electron chi connectivity index (χ2n) is 2.16. The molecule has 1 rings (SSSR count). The van der Waals surface area contributed by atoms with Gasteiger partial charge in [0.2, 0.25) is 0 Å². The van der Waals surface area contributed by atoms with Gasteiger partial charge in [-0.3, -0.25) is 0 Å². The summed E-state index contributed by atoms with van der Waals surface area (Å²) in [4.78, 5) is 0. The van der Waals surface area contributed by atoms with Gasteiger partial charge in [0.1, 0.15) is 5.75 Å². The van der Waals surface area contributed by atoms with Crippen LogP contribution >= 0.6 is 31.9 Å². The van der Waals surface area contributed by atoms with Gasteiger partial charge in [0.15, 0.2) is 6.79 Å². The van der Waals surface area contributed by atoms with E-state index in [9.17, 15) is 0 Å². The highest BCUT2D eigenvalue weighted by molar-refractivity contribution is 9.11. The fraction of sp³-hybridized carbons (Fsp3) is 0.250. The lowest BCUT2D eigenvalue weighted by molar-refractivity contribution is 0.0510. The van der Waals surface area contributed by atoms with Crippen LogP contribution in [0.1, 0.15) is 0 Å². The quantitative estimate of drug-likeness (QED) is 0.797. The molecule has 0 aliphatic rings. The Morgan fingerprint density at radius 3 is 2.25 bits per heavy atom. The predicted octanol–water partition coefficient (Wildman–Crippen LogP) is 3.19. The van der Waals surface area contributed by atoms with Gasteiger partial charge in [-0.15, -0.1) is 0 Å². The Kier molecular flexibility index (Phi) is 4.05. The molecule has 0 aliphatic heterocycles. The summed E-state index contributed by atoms with van der Waals surface area (Å²) in [5.41, 5.74) is 0. The van der Waals surface area contributed by atoms with E-state index in [-0.39, 0.29) is 6.79 Å². The van der Waals surface area contributed by atoms with Gasteiger partial charge in [0.05, 0.1) is 0 Å². The third-order valence-electron chi connectivity index (χ3n) is 1.18. The smallest absolute Gasteiger partial charge is 0.188 e. The Morgan fingerprint density at radius 1 is 1.17 bits per heavy atom. The third-order valence-corrected chi connectivity index (χ3v) is 2.10. The van der Waals surface area contributed by atoms with E-state index in [1.165, 1.54) is 0 Å². The van der Waals surface area contributed by atoms with Crippen molar-refractivity contribution in [3.8, 4) is 5.75 Å². The molecular weight excluding hydrogens is 288 g/mol. The van der Waals surface area contributed by atoms with Crippen molar-refractivity contribution in [3.05, 3.63) is 27.1 Å². The maximum atomic E-state index is 5.23. The van der Waals surface area contributed by atoms with Gasteiger partial charge in [-0.25, -0.2) is 0 Å². The van der Waals surface area contributed by atoms with E-state index in [1.54, 1.807) is 7.11 Å². The first-order valence-electron chi connectivity index (χ1n) is 3.30. The standard InChI is InChI=1S/C8H8Br2O2/c1-11-5-12-8-3-6(9)2-7(10)4-8/h2-4H,5H2,1H3. The highest BCUT2D eigenvalue weighted by atomic mass is 79.9. The van der Waals surface area contributed by atoms with Crippen LogP contribution in [0.25, 0.3) is 0 Å². The predicted molar refractivity (Wildman–Crippen MR) is 54.3 cm³/mol. The van der Waals surface area contributed by atoms with Crippen LogP contribution in [0.5, 0.6) is 5.75 Å². The van der Waals surface area contributed by atoms with Crippen LogP contribution in [0.15, 0.2) is 27.1 Å². The van der Waals surface area contributed by atoms with Crippen LogP contribution in [0.2, 0.25) is 0 Å². The van der Waals surface area contributed by atoms with Crippen molar-refractivity contribution in [2.75, 3.05) is 13.9 Å². The molecule has 1 aromatic carbocycles. The Hall–Kier alpha value is -0.0600. The third kappa shape index (κ3) is 3.13. The fourth-order valence-electron chi connectivity index (χ4n) is 0.739. The van der Waals surface area contributed by atoms with Crippen molar-refractivity contribution in [3.63, 3.8) is 0 Å². The first-order chi connectivity index (χ1) is 5.72. The molecule has 0 N–H and O–H groups in total. The molecule has 0 heterocycles. The van der Waals surface area contributed by atoms with Crippen LogP contribution < -0.4 is 4.74 Å². The zero-order valence-corrected chi connectivity index (χ0v) is 9.68. The van der Waals surface area contributed by atoms with E-state index in [0.717, 1.165) is 14.7 Å². The molecule has 0 saturated carbocycles. The molecule has 0 saturated heterocycles. The normalized spacial score (nSPS) is 9.92. The number of rotatable bonds is 3. The van der Waals surface area contributed by atoms with Gasteiger partial charge in [0.25, 0.3) is 0 Å². The molecule has 2 nitrogen and oxygen atoms in total. The Bertz CT molecular complexity index is 243. The van der Waals surface area contributed by atoms with Crippen molar-refractivity contribution in [2.45, 2.75) is 0 Å². The molecule has 1 aromatic rings. The molecule has 4 heteroatoms. The van der Waals surface area contributed by atoms with Crippen molar-refractivity contribution < 1.29 is 9.47 Å². The lowest BCUT2D eigenvalue weighted by Crippen LogP contribution is -1.98. The van der Waals surface area contributed by atoms with E-state index in [0.29, 0.717) is 0 Å². The summed E-state index contributed by atoms with van der Waals surface area (Å²) in [6, 6.07) is 5.70. The van der Waals surface area contributed by atoms with Crippen LogP contribution in [0.3, 0.4) is 0 Å². The Labute approximate surface area is 88.1 Å². The monoisotopic (exact) mass is 294 g/mol. The molecular formula is C8H8Br2O2. The van der Waals surface area contributed by atoms with Gasteiger partial charge in [-0.1, -0.05) is 31.9 Å². The highest BCUT2D eigenvalue weighted by Crippen LogP contribution is 2.24. The summed E-state index contributed by atoms with van der Waals surface area (Å²) >= 11 is 6.71. The zero-order chi connectivity index (χ0) is 8.97. The second kappa shape index (κ2) is 4.84. The lowest BCUT2D eigenvalue weighted by atomic mass is 10.3. The van der Waals surface area contributed by atoms with Crippen LogP contribution in [0, 0.1) is 0 Å². The minimum absolute atomic E-state index is 0.267. The number of ether oxygens (including phenoxy) is 2. The van der Waals surface area contributed by atoms with Crippen LogP contribution in [-0.2, 0) is 4.74 Å². The maximum Gasteiger partial charge on any atom is 0.188 e. The minimum Gasteiger partial charge on any atom is -0.467 e. The molecule has 0 aliphatic carbocycles. The van der Waals surface area contributed by atoms with Gasteiger partial charge >= 0.3 is 0 Å². The number of benzene rings is 1. The first-order valence-corrected chi connectivity index (χ1v) is 4.89. The molecule has 0 spiro atoms. The van der Waals surface area contributed by atoms with Gasteiger partial charge in [0, 0.05) is 16.1 Å². The van der Waals surface area contributed by atoms with Crippen molar-refractivity contribution in [2.24, 2.45) is 0 Å².